The SMILES string of the molecule is COC(=O)Cc1cnc(Br)c(OC)c1. The van der Waals surface area contributed by atoms with Gasteiger partial charge in [0.2, 0.25) is 0 Å². The number of nitrogens with zero attached hydrogens (tertiary/aromatic N) is 1. The van der Waals surface area contributed by atoms with Gasteiger partial charge in [-0.3, -0.25) is 4.79 Å². The Hall–Kier alpha value is -1.10. The molecule has 0 saturated carbocycles. The maximum Gasteiger partial charge on any atom is 0.310 e. The molecule has 0 spiro atoms. The number of esters is 1. The van der Waals surface area contributed by atoms with Crippen LogP contribution in [0.25, 0.3) is 0 Å². The van der Waals surface area contributed by atoms with Crippen molar-refractivity contribution in [3.8, 4) is 5.75 Å². The molecule has 76 valence electrons. The number of methoxy groups -OCH3 is 2. The highest BCUT2D eigenvalue weighted by molar-refractivity contribution is 9.10. The van der Waals surface area contributed by atoms with Crippen LogP contribution in [-0.4, -0.2) is 25.2 Å². The van der Waals surface area contributed by atoms with Gasteiger partial charge < -0.3 is 9.47 Å². The van der Waals surface area contributed by atoms with Crippen molar-refractivity contribution in [2.75, 3.05) is 14.2 Å². The van der Waals surface area contributed by atoms with Crippen LogP contribution in [0.4, 0.5) is 0 Å². The largest absolute Gasteiger partial charge is 0.494 e. The van der Waals surface area contributed by atoms with Crippen LogP contribution in [0, 0.1) is 0 Å². The minimum absolute atomic E-state index is 0.202. The summed E-state index contributed by atoms with van der Waals surface area (Å²) in [6, 6.07) is 1.74. The van der Waals surface area contributed by atoms with Crippen LogP contribution in [0.3, 0.4) is 0 Å². The van der Waals surface area contributed by atoms with E-state index in [2.05, 4.69) is 25.7 Å². The molecule has 5 heteroatoms. The fourth-order valence-corrected chi connectivity index (χ4v) is 1.33. The molecule has 0 unspecified atom stereocenters. The molecule has 0 radical (unpaired) electrons. The van der Waals surface area contributed by atoms with E-state index in [9.17, 15) is 4.79 Å². The predicted molar refractivity (Wildman–Crippen MR) is 54.2 cm³/mol. The molecule has 1 rings (SSSR count). The molecule has 14 heavy (non-hydrogen) atoms. The average molecular weight is 260 g/mol. The van der Waals surface area contributed by atoms with Crippen molar-refractivity contribution in [3.05, 3.63) is 22.4 Å². The van der Waals surface area contributed by atoms with E-state index in [1.807, 2.05) is 0 Å². The molecule has 1 heterocycles. The van der Waals surface area contributed by atoms with Crippen molar-refractivity contribution in [1.29, 1.82) is 0 Å². The van der Waals surface area contributed by atoms with Gasteiger partial charge >= 0.3 is 5.97 Å². The van der Waals surface area contributed by atoms with E-state index in [0.29, 0.717) is 10.4 Å². The average Bonchev–Trinajstić information content (AvgIpc) is 2.20. The zero-order valence-corrected chi connectivity index (χ0v) is 9.50. The maximum absolute atomic E-state index is 11.0. The lowest BCUT2D eigenvalue weighted by atomic mass is 10.2. The van der Waals surface area contributed by atoms with Gasteiger partial charge in [-0.1, -0.05) is 0 Å². The highest BCUT2D eigenvalue weighted by Gasteiger charge is 2.07. The molecule has 4 nitrogen and oxygen atoms in total. The standard InChI is InChI=1S/C9H10BrNO3/c1-13-7-3-6(4-8(12)14-2)5-11-9(7)10/h3,5H,4H2,1-2H3. The summed E-state index contributed by atoms with van der Waals surface area (Å²) in [5, 5.41) is 0. The van der Waals surface area contributed by atoms with Gasteiger partial charge in [-0.05, 0) is 27.6 Å². The highest BCUT2D eigenvalue weighted by atomic mass is 79.9. The Morgan fingerprint density at radius 2 is 2.29 bits per heavy atom. The van der Waals surface area contributed by atoms with Crippen molar-refractivity contribution < 1.29 is 14.3 Å². The fourth-order valence-electron chi connectivity index (χ4n) is 0.947. The topological polar surface area (TPSA) is 48.4 Å². The predicted octanol–water partition coefficient (Wildman–Crippen LogP) is 1.57. The Morgan fingerprint density at radius 1 is 1.57 bits per heavy atom. The molecular formula is C9H10BrNO3. The number of carbonyl (C=O) groups is 1. The van der Waals surface area contributed by atoms with Gasteiger partial charge in [-0.2, -0.15) is 0 Å². The Kier molecular flexibility index (Phi) is 3.88. The third-order valence-corrected chi connectivity index (χ3v) is 2.26. The van der Waals surface area contributed by atoms with Crippen LogP contribution in [0.5, 0.6) is 5.75 Å². The van der Waals surface area contributed by atoms with Crippen LogP contribution < -0.4 is 4.74 Å². The molecule has 0 N–H and O–H groups in total. The van der Waals surface area contributed by atoms with E-state index in [-0.39, 0.29) is 12.4 Å². The summed E-state index contributed by atoms with van der Waals surface area (Å²) < 4.78 is 10.2. The van der Waals surface area contributed by atoms with Crippen LogP contribution in [-0.2, 0) is 16.0 Å². The van der Waals surface area contributed by atoms with Crippen LogP contribution in [0.1, 0.15) is 5.56 Å². The second kappa shape index (κ2) is 4.95. The van der Waals surface area contributed by atoms with Gasteiger partial charge in [0.25, 0.3) is 0 Å². The molecule has 1 aromatic heterocycles. The van der Waals surface area contributed by atoms with Crippen LogP contribution >= 0.6 is 15.9 Å². The molecule has 1 aromatic rings. The molecule has 0 aliphatic rings. The molecule has 0 atom stereocenters. The van der Waals surface area contributed by atoms with Crippen molar-refractivity contribution in [1.82, 2.24) is 4.98 Å². The highest BCUT2D eigenvalue weighted by Crippen LogP contribution is 2.22. The Labute approximate surface area is 90.4 Å². The lowest BCUT2D eigenvalue weighted by Crippen LogP contribution is -2.05. The maximum atomic E-state index is 11.0. The molecule has 0 aliphatic heterocycles. The summed E-state index contributed by atoms with van der Waals surface area (Å²) in [5.74, 6) is 0.308. The number of ether oxygens (including phenoxy) is 2. The smallest absolute Gasteiger partial charge is 0.310 e. The van der Waals surface area contributed by atoms with Crippen LogP contribution in [0.15, 0.2) is 16.9 Å². The van der Waals surface area contributed by atoms with Crippen LogP contribution in [0.2, 0.25) is 0 Å². The van der Waals surface area contributed by atoms with Gasteiger partial charge in [0, 0.05) is 6.20 Å². The summed E-state index contributed by atoms with van der Waals surface area (Å²) in [5.41, 5.74) is 0.761. The Morgan fingerprint density at radius 3 is 2.86 bits per heavy atom. The zero-order chi connectivity index (χ0) is 10.6. The monoisotopic (exact) mass is 259 g/mol. The number of aromatic nitrogens is 1. The summed E-state index contributed by atoms with van der Waals surface area (Å²) in [7, 11) is 2.90. The number of hydrogen-bond acceptors (Lipinski definition) is 4. The quantitative estimate of drug-likeness (QED) is 0.611. The van der Waals surface area contributed by atoms with Crippen molar-refractivity contribution >= 4 is 21.9 Å². The first-order valence-electron chi connectivity index (χ1n) is 3.92. The number of pyridine rings is 1. The first-order chi connectivity index (χ1) is 6.67. The van der Waals surface area contributed by atoms with Crippen molar-refractivity contribution in [3.63, 3.8) is 0 Å². The zero-order valence-electron chi connectivity index (χ0n) is 7.91. The molecule has 0 bridgehead atoms. The number of hydrogen-bond donors (Lipinski definition) is 0. The van der Waals surface area contributed by atoms with Gasteiger partial charge in [0.1, 0.15) is 4.60 Å². The lowest BCUT2D eigenvalue weighted by molar-refractivity contribution is -0.139. The second-order valence-corrected chi connectivity index (χ2v) is 3.34. The summed E-state index contributed by atoms with van der Waals surface area (Å²) >= 11 is 3.22. The minimum Gasteiger partial charge on any atom is -0.494 e. The van der Waals surface area contributed by atoms with Gasteiger partial charge in [0.05, 0.1) is 20.6 Å². The van der Waals surface area contributed by atoms with E-state index in [0.717, 1.165) is 5.56 Å². The molecule has 0 aromatic carbocycles. The van der Waals surface area contributed by atoms with E-state index >= 15 is 0 Å². The molecule has 0 aliphatic carbocycles. The summed E-state index contributed by atoms with van der Waals surface area (Å²) in [6.45, 7) is 0. The fraction of sp³-hybridized carbons (Fsp3) is 0.333. The minimum atomic E-state index is -0.295. The number of halogens is 1. The second-order valence-electron chi connectivity index (χ2n) is 2.59. The molecule has 0 amide bonds. The first-order valence-corrected chi connectivity index (χ1v) is 4.72. The summed E-state index contributed by atoms with van der Waals surface area (Å²) in [6.07, 6.45) is 1.80. The van der Waals surface area contributed by atoms with Gasteiger partial charge in [-0.25, -0.2) is 4.98 Å². The third-order valence-electron chi connectivity index (χ3n) is 1.66. The first kappa shape index (κ1) is 11.0. The van der Waals surface area contributed by atoms with E-state index in [4.69, 9.17) is 4.74 Å². The van der Waals surface area contributed by atoms with Gasteiger partial charge in [-0.15, -0.1) is 0 Å². The number of carbonyl (C=O) groups excluding carboxylic acids is 1. The van der Waals surface area contributed by atoms with E-state index in [1.165, 1.54) is 7.11 Å². The number of rotatable bonds is 3. The van der Waals surface area contributed by atoms with E-state index in [1.54, 1.807) is 19.4 Å². The summed E-state index contributed by atoms with van der Waals surface area (Å²) in [4.78, 5) is 15.0. The van der Waals surface area contributed by atoms with Gasteiger partial charge in [0.15, 0.2) is 5.75 Å². The van der Waals surface area contributed by atoms with E-state index < -0.39 is 0 Å². The normalized spacial score (nSPS) is 9.64. The molecular weight excluding hydrogens is 250 g/mol. The molecule has 0 fully saturated rings. The van der Waals surface area contributed by atoms with Crippen molar-refractivity contribution in [2.45, 2.75) is 6.42 Å². The Bertz CT molecular complexity index is 341. The Balaban J connectivity index is 2.84. The molecule has 0 saturated heterocycles. The van der Waals surface area contributed by atoms with Crippen molar-refractivity contribution in [2.24, 2.45) is 0 Å². The lowest BCUT2D eigenvalue weighted by Gasteiger charge is -2.04. The third kappa shape index (κ3) is 2.70.